The SMILES string of the molecule is Cc1ccc(C)c(C(=O)N(C)CC2CC(O)C2)c1C(=O)O. The number of rotatable bonds is 4. The van der Waals surface area contributed by atoms with Gasteiger partial charge in [0.15, 0.2) is 0 Å². The number of nitrogens with zero attached hydrogens (tertiary/aromatic N) is 1. The number of carbonyl (C=O) groups excluding carboxylic acids is 1. The predicted molar refractivity (Wildman–Crippen MR) is 78.6 cm³/mol. The van der Waals surface area contributed by atoms with Gasteiger partial charge in [0, 0.05) is 13.6 Å². The van der Waals surface area contributed by atoms with Crippen molar-refractivity contribution in [3.8, 4) is 0 Å². The normalized spacial score (nSPS) is 20.8. The minimum Gasteiger partial charge on any atom is -0.478 e. The number of carboxylic acid groups (broad SMARTS) is 1. The van der Waals surface area contributed by atoms with E-state index in [1.165, 1.54) is 0 Å². The summed E-state index contributed by atoms with van der Waals surface area (Å²) in [5.41, 5.74) is 1.61. The number of aromatic carboxylic acids is 1. The molecule has 21 heavy (non-hydrogen) atoms. The Morgan fingerprint density at radius 3 is 2.19 bits per heavy atom. The van der Waals surface area contributed by atoms with E-state index in [0.29, 0.717) is 36.4 Å². The van der Waals surface area contributed by atoms with Gasteiger partial charge in [0.2, 0.25) is 0 Å². The zero-order chi connectivity index (χ0) is 15.7. The third-order valence-corrected chi connectivity index (χ3v) is 4.14. The molecule has 2 rings (SSSR count). The zero-order valence-corrected chi connectivity index (χ0v) is 12.6. The Kier molecular flexibility index (Phi) is 4.32. The van der Waals surface area contributed by atoms with Crippen LogP contribution in [0.3, 0.4) is 0 Å². The van der Waals surface area contributed by atoms with Crippen molar-refractivity contribution < 1.29 is 19.8 Å². The molecule has 1 fully saturated rings. The highest BCUT2D eigenvalue weighted by Gasteiger charge is 2.31. The first kappa shape index (κ1) is 15.5. The fourth-order valence-electron chi connectivity index (χ4n) is 2.87. The fourth-order valence-corrected chi connectivity index (χ4v) is 2.87. The van der Waals surface area contributed by atoms with Crippen molar-refractivity contribution >= 4 is 11.9 Å². The number of carbonyl (C=O) groups is 2. The summed E-state index contributed by atoms with van der Waals surface area (Å²) in [5.74, 6) is -1.05. The van der Waals surface area contributed by atoms with E-state index in [0.717, 1.165) is 0 Å². The Balaban J connectivity index is 2.26. The molecule has 114 valence electrons. The molecule has 0 aromatic heterocycles. The molecule has 1 aliphatic rings. The van der Waals surface area contributed by atoms with Crippen LogP contribution in [0.4, 0.5) is 0 Å². The van der Waals surface area contributed by atoms with Gasteiger partial charge in [-0.15, -0.1) is 0 Å². The number of benzene rings is 1. The second kappa shape index (κ2) is 5.85. The van der Waals surface area contributed by atoms with Crippen LogP contribution in [0, 0.1) is 19.8 Å². The van der Waals surface area contributed by atoms with Crippen LogP contribution in [0.15, 0.2) is 12.1 Å². The van der Waals surface area contributed by atoms with Crippen molar-refractivity contribution in [3.05, 3.63) is 34.4 Å². The smallest absolute Gasteiger partial charge is 0.336 e. The summed E-state index contributed by atoms with van der Waals surface area (Å²) >= 11 is 0. The topological polar surface area (TPSA) is 77.8 Å². The molecular weight excluding hydrogens is 270 g/mol. The minimum atomic E-state index is -1.08. The lowest BCUT2D eigenvalue weighted by molar-refractivity contribution is 0.0264. The molecule has 1 aliphatic carbocycles. The van der Waals surface area contributed by atoms with E-state index in [-0.39, 0.29) is 23.1 Å². The summed E-state index contributed by atoms with van der Waals surface area (Å²) in [7, 11) is 1.68. The molecule has 0 saturated heterocycles. The summed E-state index contributed by atoms with van der Waals surface area (Å²) in [5, 5.41) is 18.7. The van der Waals surface area contributed by atoms with Gasteiger partial charge in [-0.2, -0.15) is 0 Å². The maximum atomic E-state index is 12.6. The fraction of sp³-hybridized carbons (Fsp3) is 0.500. The molecule has 0 bridgehead atoms. The van der Waals surface area contributed by atoms with Gasteiger partial charge in [0.1, 0.15) is 0 Å². The summed E-state index contributed by atoms with van der Waals surface area (Å²) < 4.78 is 0. The van der Waals surface area contributed by atoms with Crippen LogP contribution in [0.2, 0.25) is 0 Å². The number of carboxylic acids is 1. The Morgan fingerprint density at radius 2 is 1.71 bits per heavy atom. The first-order valence-corrected chi connectivity index (χ1v) is 7.08. The second-order valence-electron chi connectivity index (χ2n) is 5.93. The number of aryl methyl sites for hydroxylation is 2. The lowest BCUT2D eigenvalue weighted by atomic mass is 9.82. The van der Waals surface area contributed by atoms with Crippen molar-refractivity contribution in [1.29, 1.82) is 0 Å². The molecule has 0 aliphatic heterocycles. The van der Waals surface area contributed by atoms with Crippen LogP contribution < -0.4 is 0 Å². The largest absolute Gasteiger partial charge is 0.478 e. The molecule has 0 radical (unpaired) electrons. The minimum absolute atomic E-state index is 0.0838. The average molecular weight is 291 g/mol. The molecule has 0 atom stereocenters. The van der Waals surface area contributed by atoms with Crippen molar-refractivity contribution in [3.63, 3.8) is 0 Å². The quantitative estimate of drug-likeness (QED) is 0.887. The van der Waals surface area contributed by atoms with Gasteiger partial charge in [0.05, 0.1) is 17.2 Å². The summed E-state index contributed by atoms with van der Waals surface area (Å²) in [6.45, 7) is 3.99. The van der Waals surface area contributed by atoms with Crippen molar-refractivity contribution in [1.82, 2.24) is 4.90 Å². The van der Waals surface area contributed by atoms with Crippen molar-refractivity contribution in [2.45, 2.75) is 32.8 Å². The maximum absolute atomic E-state index is 12.6. The van der Waals surface area contributed by atoms with Gasteiger partial charge >= 0.3 is 5.97 Å². The molecule has 1 amide bonds. The Labute approximate surface area is 124 Å². The summed E-state index contributed by atoms with van der Waals surface area (Å²) in [4.78, 5) is 25.6. The van der Waals surface area contributed by atoms with E-state index in [9.17, 15) is 19.8 Å². The van der Waals surface area contributed by atoms with Crippen LogP contribution in [0.5, 0.6) is 0 Å². The molecule has 0 spiro atoms. The van der Waals surface area contributed by atoms with Gasteiger partial charge in [-0.05, 0) is 43.7 Å². The third-order valence-electron chi connectivity index (χ3n) is 4.14. The molecule has 5 nitrogen and oxygen atoms in total. The van der Waals surface area contributed by atoms with E-state index < -0.39 is 5.97 Å². The average Bonchev–Trinajstić information content (AvgIpc) is 2.38. The molecule has 0 heterocycles. The summed E-state index contributed by atoms with van der Waals surface area (Å²) in [6, 6.07) is 3.49. The highest BCUT2D eigenvalue weighted by atomic mass is 16.4. The number of aliphatic hydroxyl groups excluding tert-OH is 1. The number of aliphatic hydroxyl groups is 1. The molecule has 0 unspecified atom stereocenters. The van der Waals surface area contributed by atoms with Crippen LogP contribution >= 0.6 is 0 Å². The van der Waals surface area contributed by atoms with Gasteiger partial charge in [-0.25, -0.2) is 4.79 Å². The second-order valence-corrected chi connectivity index (χ2v) is 5.93. The van der Waals surface area contributed by atoms with Gasteiger partial charge in [-0.3, -0.25) is 4.79 Å². The first-order valence-electron chi connectivity index (χ1n) is 7.08. The van der Waals surface area contributed by atoms with Crippen LogP contribution in [-0.2, 0) is 0 Å². The zero-order valence-electron chi connectivity index (χ0n) is 12.6. The molecule has 2 N–H and O–H groups in total. The van der Waals surface area contributed by atoms with Gasteiger partial charge in [-0.1, -0.05) is 12.1 Å². The standard InChI is InChI=1S/C16H21NO4/c1-9-4-5-10(2)14(16(20)21)13(9)15(19)17(3)8-11-6-12(18)7-11/h4-5,11-12,18H,6-8H2,1-3H3,(H,20,21). The van der Waals surface area contributed by atoms with Crippen LogP contribution in [-0.4, -0.2) is 46.7 Å². The lowest BCUT2D eigenvalue weighted by Crippen LogP contribution is -2.40. The monoisotopic (exact) mass is 291 g/mol. The van der Waals surface area contributed by atoms with Gasteiger partial charge in [0.25, 0.3) is 5.91 Å². The van der Waals surface area contributed by atoms with Crippen molar-refractivity contribution in [2.75, 3.05) is 13.6 Å². The molecule has 1 aromatic carbocycles. The molecule has 5 heteroatoms. The molecular formula is C16H21NO4. The highest BCUT2D eigenvalue weighted by molar-refractivity contribution is 6.06. The summed E-state index contributed by atoms with van der Waals surface area (Å²) in [6.07, 6.45) is 1.15. The van der Waals surface area contributed by atoms with Crippen molar-refractivity contribution in [2.24, 2.45) is 5.92 Å². The Morgan fingerprint density at radius 1 is 1.19 bits per heavy atom. The number of hydrogen-bond donors (Lipinski definition) is 2. The van der Waals surface area contributed by atoms with E-state index in [1.807, 2.05) is 0 Å². The van der Waals surface area contributed by atoms with Gasteiger partial charge < -0.3 is 15.1 Å². The van der Waals surface area contributed by atoms with Crippen LogP contribution in [0.25, 0.3) is 0 Å². The predicted octanol–water partition coefficient (Wildman–Crippen LogP) is 1.84. The highest BCUT2D eigenvalue weighted by Crippen LogP contribution is 2.28. The Hall–Kier alpha value is -1.88. The van der Waals surface area contributed by atoms with E-state index in [1.54, 1.807) is 37.9 Å². The molecule has 1 saturated carbocycles. The van der Waals surface area contributed by atoms with E-state index in [4.69, 9.17) is 0 Å². The lowest BCUT2D eigenvalue weighted by Gasteiger charge is -2.34. The van der Waals surface area contributed by atoms with E-state index in [2.05, 4.69) is 0 Å². The van der Waals surface area contributed by atoms with E-state index >= 15 is 0 Å². The first-order chi connectivity index (χ1) is 9.81. The molecule has 1 aromatic rings. The third kappa shape index (κ3) is 3.08. The Bertz CT molecular complexity index is 576. The van der Waals surface area contributed by atoms with Crippen LogP contribution in [0.1, 0.15) is 44.7 Å². The number of amides is 1. The number of hydrogen-bond acceptors (Lipinski definition) is 3. The maximum Gasteiger partial charge on any atom is 0.336 e.